The molecular weight excluding hydrogens is 370 g/mol. The Balaban J connectivity index is 1.24. The maximum absolute atomic E-state index is 12.4. The number of amides is 2. The number of benzene rings is 1. The summed E-state index contributed by atoms with van der Waals surface area (Å²) in [5.74, 6) is 2.10. The van der Waals surface area contributed by atoms with E-state index in [2.05, 4.69) is 32.0 Å². The molecule has 0 aliphatic heterocycles. The maximum atomic E-state index is 12.4. The fourth-order valence-corrected chi connectivity index (χ4v) is 3.97. The van der Waals surface area contributed by atoms with Crippen LogP contribution < -0.4 is 10.6 Å². The van der Waals surface area contributed by atoms with E-state index in [4.69, 9.17) is 9.05 Å². The molecule has 1 atom stereocenters. The zero-order valence-electron chi connectivity index (χ0n) is 16.3. The number of rotatable bonds is 5. The highest BCUT2D eigenvalue weighted by Gasteiger charge is 2.26. The summed E-state index contributed by atoms with van der Waals surface area (Å²) in [4.78, 5) is 16.8. The molecule has 5 rings (SSSR count). The van der Waals surface area contributed by atoms with Crippen molar-refractivity contribution in [2.75, 3.05) is 5.32 Å². The summed E-state index contributed by atoms with van der Waals surface area (Å²) in [5, 5.41) is 13.9. The van der Waals surface area contributed by atoms with E-state index < -0.39 is 0 Å². The Bertz CT molecular complexity index is 1040. The number of hydrogen-bond acceptors (Lipinski definition) is 6. The van der Waals surface area contributed by atoms with Crippen molar-refractivity contribution in [3.8, 4) is 11.4 Å². The van der Waals surface area contributed by atoms with E-state index in [1.807, 2.05) is 25.1 Å². The first-order valence-electron chi connectivity index (χ1n) is 10.2. The van der Waals surface area contributed by atoms with Gasteiger partial charge in [0.25, 0.3) is 0 Å². The van der Waals surface area contributed by atoms with E-state index in [1.165, 1.54) is 12.0 Å². The molecule has 0 unspecified atom stereocenters. The minimum atomic E-state index is -0.283. The second-order valence-electron chi connectivity index (χ2n) is 7.71. The number of anilines is 1. The summed E-state index contributed by atoms with van der Waals surface area (Å²) in [7, 11) is 0. The lowest BCUT2D eigenvalue weighted by Gasteiger charge is -2.22. The predicted octanol–water partition coefficient (Wildman–Crippen LogP) is 4.36. The van der Waals surface area contributed by atoms with Gasteiger partial charge < -0.3 is 14.4 Å². The molecule has 2 heterocycles. The topological polar surface area (TPSA) is 106 Å². The van der Waals surface area contributed by atoms with Crippen molar-refractivity contribution in [1.29, 1.82) is 0 Å². The molecule has 8 nitrogen and oxygen atoms in total. The minimum Gasteiger partial charge on any atom is -0.339 e. The Morgan fingerprint density at radius 1 is 1.17 bits per heavy atom. The number of urea groups is 1. The normalized spacial score (nSPS) is 18.3. The summed E-state index contributed by atoms with van der Waals surface area (Å²) in [6.45, 7) is 1.98. The van der Waals surface area contributed by atoms with Gasteiger partial charge in [0.05, 0.1) is 11.7 Å². The molecule has 2 aromatic heterocycles. The zero-order chi connectivity index (χ0) is 19.8. The average Bonchev–Trinajstić information content (AvgIpc) is 3.40. The summed E-state index contributed by atoms with van der Waals surface area (Å²) < 4.78 is 10.5. The fourth-order valence-electron chi connectivity index (χ4n) is 3.97. The first-order valence-corrected chi connectivity index (χ1v) is 10.2. The first kappa shape index (κ1) is 17.9. The largest absolute Gasteiger partial charge is 0.339 e. The van der Waals surface area contributed by atoms with Crippen LogP contribution in [-0.2, 0) is 12.8 Å². The van der Waals surface area contributed by atoms with Crippen LogP contribution in [-0.4, -0.2) is 21.3 Å². The van der Waals surface area contributed by atoms with E-state index in [-0.39, 0.29) is 12.1 Å². The molecular formula is C21H23N5O3. The summed E-state index contributed by atoms with van der Waals surface area (Å²) in [6, 6.07) is 7.60. The van der Waals surface area contributed by atoms with Crippen LogP contribution in [0, 0.1) is 0 Å². The number of hydrogen-bond donors (Lipinski definition) is 2. The highest BCUT2D eigenvalue weighted by atomic mass is 16.5. The number of aromatic nitrogens is 3. The molecule has 2 aliphatic carbocycles. The van der Waals surface area contributed by atoms with Crippen LogP contribution in [0.4, 0.5) is 10.7 Å². The van der Waals surface area contributed by atoms with Crippen LogP contribution in [0.25, 0.3) is 11.4 Å². The molecule has 0 saturated heterocycles. The van der Waals surface area contributed by atoms with Crippen LogP contribution in [0.15, 0.2) is 33.3 Å². The average molecular weight is 393 g/mol. The smallest absolute Gasteiger partial charge is 0.322 e. The lowest BCUT2D eigenvalue weighted by Crippen LogP contribution is -2.31. The molecule has 1 fully saturated rings. The Kier molecular flexibility index (Phi) is 4.54. The lowest BCUT2D eigenvalue weighted by molar-refractivity contribution is 0.247. The predicted molar refractivity (Wildman–Crippen MR) is 105 cm³/mol. The van der Waals surface area contributed by atoms with Gasteiger partial charge in [0.2, 0.25) is 17.6 Å². The quantitative estimate of drug-likeness (QED) is 0.667. The van der Waals surface area contributed by atoms with Crippen molar-refractivity contribution in [1.82, 2.24) is 20.6 Å². The van der Waals surface area contributed by atoms with E-state index in [9.17, 15) is 4.79 Å². The molecule has 2 amide bonds. The number of carbonyl (C=O) groups is 1. The van der Waals surface area contributed by atoms with Crippen LogP contribution in [0.3, 0.4) is 0 Å². The third-order valence-electron chi connectivity index (χ3n) is 5.84. The first-order chi connectivity index (χ1) is 14.2. The summed E-state index contributed by atoms with van der Waals surface area (Å²) in [5.41, 5.74) is 4.18. The summed E-state index contributed by atoms with van der Waals surface area (Å²) in [6.07, 6.45) is 5.97. The number of nitrogens with one attached hydrogen (secondary N) is 2. The fraction of sp³-hybridized carbons (Fsp3) is 0.429. The van der Waals surface area contributed by atoms with Crippen molar-refractivity contribution >= 4 is 11.9 Å². The van der Waals surface area contributed by atoms with Crippen LogP contribution in [0.2, 0.25) is 0 Å². The van der Waals surface area contributed by atoms with Crippen LogP contribution in [0.1, 0.15) is 67.3 Å². The van der Waals surface area contributed by atoms with E-state index >= 15 is 0 Å². The Hall–Kier alpha value is -3.16. The monoisotopic (exact) mass is 393 g/mol. The molecule has 2 aliphatic rings. The Morgan fingerprint density at radius 2 is 2.07 bits per heavy atom. The molecule has 29 heavy (non-hydrogen) atoms. The second kappa shape index (κ2) is 7.35. The van der Waals surface area contributed by atoms with Gasteiger partial charge in [-0.2, -0.15) is 4.98 Å². The number of fused-ring (bicyclic) bond motifs is 1. The van der Waals surface area contributed by atoms with Gasteiger partial charge in [-0.05, 0) is 42.9 Å². The molecule has 3 aromatic rings. The second-order valence-corrected chi connectivity index (χ2v) is 7.71. The van der Waals surface area contributed by atoms with Crippen molar-refractivity contribution < 1.29 is 13.8 Å². The molecule has 1 saturated carbocycles. The van der Waals surface area contributed by atoms with Crippen molar-refractivity contribution in [2.45, 2.75) is 57.4 Å². The van der Waals surface area contributed by atoms with Crippen LogP contribution in [0.5, 0.6) is 0 Å². The molecule has 0 bridgehead atoms. The van der Waals surface area contributed by atoms with Gasteiger partial charge in [0, 0.05) is 24.0 Å². The standard InChI is InChI=1S/C21H23N5O3/c1-2-18-23-20(26-28-18)14-6-8-15-13(10-14)7-9-16(15)22-21(27)24-19-11-17(25-29-19)12-4-3-5-12/h6,8,10-12,16H,2-5,7,9H2,1H3,(H2,22,24,27)/t16-/m1/s1. The van der Waals surface area contributed by atoms with Crippen molar-refractivity contribution in [2.24, 2.45) is 0 Å². The van der Waals surface area contributed by atoms with Gasteiger partial charge >= 0.3 is 6.03 Å². The van der Waals surface area contributed by atoms with Gasteiger partial charge in [-0.25, -0.2) is 4.79 Å². The van der Waals surface area contributed by atoms with Crippen molar-refractivity contribution in [3.63, 3.8) is 0 Å². The van der Waals surface area contributed by atoms with E-state index in [0.717, 1.165) is 42.5 Å². The highest BCUT2D eigenvalue weighted by Crippen LogP contribution is 2.37. The Morgan fingerprint density at radius 3 is 2.83 bits per heavy atom. The molecule has 150 valence electrons. The SMILES string of the molecule is CCc1nc(-c2ccc3c(c2)CC[C@H]3NC(=O)Nc2cc(C3CCC3)no2)no1. The highest BCUT2D eigenvalue weighted by molar-refractivity contribution is 5.88. The molecule has 0 spiro atoms. The van der Waals surface area contributed by atoms with Crippen molar-refractivity contribution in [3.05, 3.63) is 47.0 Å². The summed E-state index contributed by atoms with van der Waals surface area (Å²) >= 11 is 0. The maximum Gasteiger partial charge on any atom is 0.322 e. The third kappa shape index (κ3) is 3.50. The molecule has 0 radical (unpaired) electrons. The van der Waals surface area contributed by atoms with Gasteiger partial charge in [-0.1, -0.05) is 35.8 Å². The minimum absolute atomic E-state index is 0.0375. The number of nitrogens with zero attached hydrogens (tertiary/aromatic N) is 3. The zero-order valence-corrected chi connectivity index (χ0v) is 16.3. The van der Waals surface area contributed by atoms with Gasteiger partial charge in [-0.3, -0.25) is 5.32 Å². The van der Waals surface area contributed by atoms with E-state index in [0.29, 0.717) is 29.9 Å². The van der Waals surface area contributed by atoms with Gasteiger partial charge in [0.1, 0.15) is 0 Å². The van der Waals surface area contributed by atoms with Gasteiger partial charge in [0.15, 0.2) is 0 Å². The number of aryl methyl sites for hydroxylation is 2. The molecule has 2 N–H and O–H groups in total. The third-order valence-corrected chi connectivity index (χ3v) is 5.84. The molecule has 8 heteroatoms. The van der Waals surface area contributed by atoms with E-state index in [1.54, 1.807) is 0 Å². The molecule has 1 aromatic carbocycles. The number of carbonyl (C=O) groups excluding carboxylic acids is 1. The Labute approximate surface area is 168 Å². The lowest BCUT2D eigenvalue weighted by atomic mass is 9.83. The van der Waals surface area contributed by atoms with Gasteiger partial charge in [-0.15, -0.1) is 0 Å². The van der Waals surface area contributed by atoms with Crippen LogP contribution >= 0.6 is 0 Å².